The van der Waals surface area contributed by atoms with Gasteiger partial charge in [0.25, 0.3) is 0 Å². The minimum atomic E-state index is -0.815. The van der Waals surface area contributed by atoms with Crippen molar-refractivity contribution in [2.75, 3.05) is 19.7 Å². The predicted octanol–water partition coefficient (Wildman–Crippen LogP) is 1.32. The van der Waals surface area contributed by atoms with Crippen LogP contribution in [-0.4, -0.2) is 25.7 Å². The number of likely N-dealkylation sites (tertiary alicyclic amines) is 1. The summed E-state index contributed by atoms with van der Waals surface area (Å²) in [5.41, 5.74) is 0.786. The molecule has 0 aromatic heterocycles. The fourth-order valence-electron chi connectivity index (χ4n) is 2.64. The van der Waals surface area contributed by atoms with E-state index in [-0.39, 0.29) is 11.9 Å². The van der Waals surface area contributed by atoms with E-state index in [4.69, 9.17) is 4.74 Å². The first-order chi connectivity index (χ1) is 9.60. The number of carbonyl (C=O) groups is 1. The maximum atomic E-state index is 13.1. The molecule has 0 radical (unpaired) electrons. The fourth-order valence-corrected chi connectivity index (χ4v) is 2.64. The van der Waals surface area contributed by atoms with Crippen molar-refractivity contribution in [3.8, 4) is 0 Å². The summed E-state index contributed by atoms with van der Waals surface area (Å²) in [6.07, 6.45) is 1.58. The standard InChI is InChI=1S/C15H19F2NO2/c1-2-20-15(19)12-5-7-18(8-6-12)10-11-3-4-13(16)14(17)9-11/h3-4,9,12H,2,5-8,10H2,1H3/p+1. The largest absolute Gasteiger partial charge is 0.466 e. The van der Waals surface area contributed by atoms with E-state index in [1.165, 1.54) is 11.0 Å². The molecule has 0 unspecified atom stereocenters. The van der Waals surface area contributed by atoms with Crippen molar-refractivity contribution < 1.29 is 23.2 Å². The molecule has 2 rings (SSSR count). The zero-order valence-electron chi connectivity index (χ0n) is 11.6. The van der Waals surface area contributed by atoms with Gasteiger partial charge in [0.15, 0.2) is 11.6 Å². The Morgan fingerprint density at radius 3 is 2.60 bits per heavy atom. The highest BCUT2D eigenvalue weighted by atomic mass is 19.2. The summed E-state index contributed by atoms with van der Waals surface area (Å²) in [6.45, 7) is 4.58. The van der Waals surface area contributed by atoms with Crippen LogP contribution in [0.2, 0.25) is 0 Å². The maximum absolute atomic E-state index is 13.1. The highest BCUT2D eigenvalue weighted by molar-refractivity contribution is 5.72. The van der Waals surface area contributed by atoms with Crippen LogP contribution in [0.1, 0.15) is 25.3 Å². The van der Waals surface area contributed by atoms with Crippen molar-refractivity contribution in [3.05, 3.63) is 35.4 Å². The smallest absolute Gasteiger partial charge is 0.309 e. The molecule has 0 amide bonds. The molecule has 1 aliphatic rings. The molecule has 5 heteroatoms. The third kappa shape index (κ3) is 3.76. The second-order valence-corrected chi connectivity index (χ2v) is 5.20. The van der Waals surface area contributed by atoms with Crippen LogP contribution < -0.4 is 4.90 Å². The Hall–Kier alpha value is -1.49. The molecule has 0 saturated carbocycles. The number of benzene rings is 1. The molecule has 20 heavy (non-hydrogen) atoms. The Balaban J connectivity index is 1.85. The number of carbonyl (C=O) groups excluding carboxylic acids is 1. The van der Waals surface area contributed by atoms with E-state index in [1.807, 2.05) is 0 Å². The molecule has 1 saturated heterocycles. The highest BCUT2D eigenvalue weighted by Crippen LogP contribution is 2.12. The molecular weight excluding hydrogens is 264 g/mol. The highest BCUT2D eigenvalue weighted by Gasteiger charge is 2.28. The number of hydrogen-bond donors (Lipinski definition) is 1. The van der Waals surface area contributed by atoms with Crippen LogP contribution in [-0.2, 0) is 16.1 Å². The van der Waals surface area contributed by atoms with E-state index in [2.05, 4.69) is 0 Å². The summed E-state index contributed by atoms with van der Waals surface area (Å²) in [5.74, 6) is -1.74. The summed E-state index contributed by atoms with van der Waals surface area (Å²) < 4.78 is 31.0. The van der Waals surface area contributed by atoms with Gasteiger partial charge in [0.1, 0.15) is 6.54 Å². The average Bonchev–Trinajstić information content (AvgIpc) is 2.44. The van der Waals surface area contributed by atoms with E-state index in [0.29, 0.717) is 13.2 Å². The molecule has 0 atom stereocenters. The third-order valence-corrected chi connectivity index (χ3v) is 3.75. The minimum absolute atomic E-state index is 0.0105. The second kappa shape index (κ2) is 6.79. The number of quaternary nitrogens is 1. The van der Waals surface area contributed by atoms with Crippen LogP contribution in [0.15, 0.2) is 18.2 Å². The molecule has 1 N–H and O–H groups in total. The Morgan fingerprint density at radius 2 is 2.00 bits per heavy atom. The molecule has 1 aromatic carbocycles. The Bertz CT molecular complexity index is 471. The van der Waals surface area contributed by atoms with Gasteiger partial charge in [-0.2, -0.15) is 0 Å². The van der Waals surface area contributed by atoms with Crippen LogP contribution in [0.3, 0.4) is 0 Å². The first-order valence-electron chi connectivity index (χ1n) is 7.04. The van der Waals surface area contributed by atoms with Crippen molar-refractivity contribution in [3.63, 3.8) is 0 Å². The molecule has 110 valence electrons. The molecular formula is C15H20F2NO2+. The Kier molecular flexibility index (Phi) is 5.06. The van der Waals surface area contributed by atoms with Crippen LogP contribution in [0.5, 0.6) is 0 Å². The molecule has 0 bridgehead atoms. The lowest BCUT2D eigenvalue weighted by Crippen LogP contribution is -3.11. The van der Waals surface area contributed by atoms with Crippen molar-refractivity contribution in [1.29, 1.82) is 0 Å². The molecule has 0 spiro atoms. The van der Waals surface area contributed by atoms with Gasteiger partial charge in [0.2, 0.25) is 0 Å². The van der Waals surface area contributed by atoms with E-state index in [9.17, 15) is 13.6 Å². The summed E-state index contributed by atoms with van der Waals surface area (Å²) >= 11 is 0. The van der Waals surface area contributed by atoms with Gasteiger partial charge in [-0.3, -0.25) is 4.79 Å². The van der Waals surface area contributed by atoms with Gasteiger partial charge in [-0.05, 0) is 19.1 Å². The number of nitrogens with one attached hydrogen (secondary N) is 1. The van der Waals surface area contributed by atoms with Gasteiger partial charge in [-0.15, -0.1) is 0 Å². The molecule has 1 fully saturated rings. The van der Waals surface area contributed by atoms with Gasteiger partial charge in [-0.25, -0.2) is 8.78 Å². The topological polar surface area (TPSA) is 30.7 Å². The number of rotatable bonds is 4. The molecule has 0 aliphatic carbocycles. The Morgan fingerprint density at radius 1 is 1.30 bits per heavy atom. The predicted molar refractivity (Wildman–Crippen MR) is 70.1 cm³/mol. The van der Waals surface area contributed by atoms with Crippen molar-refractivity contribution in [2.45, 2.75) is 26.3 Å². The van der Waals surface area contributed by atoms with E-state index < -0.39 is 11.6 Å². The van der Waals surface area contributed by atoms with E-state index in [1.54, 1.807) is 13.0 Å². The normalized spacial score (nSPS) is 22.6. The summed E-state index contributed by atoms with van der Waals surface area (Å²) in [4.78, 5) is 12.9. The molecule has 1 aliphatic heterocycles. The number of piperidine rings is 1. The fraction of sp³-hybridized carbons (Fsp3) is 0.533. The quantitative estimate of drug-likeness (QED) is 0.846. The number of esters is 1. The van der Waals surface area contributed by atoms with Gasteiger partial charge < -0.3 is 9.64 Å². The minimum Gasteiger partial charge on any atom is -0.466 e. The summed E-state index contributed by atoms with van der Waals surface area (Å²) in [5, 5.41) is 0. The van der Waals surface area contributed by atoms with Gasteiger partial charge >= 0.3 is 5.97 Å². The number of ether oxygens (including phenoxy) is 1. The van der Waals surface area contributed by atoms with Gasteiger partial charge in [-0.1, -0.05) is 6.07 Å². The molecule has 1 heterocycles. The summed E-state index contributed by atoms with van der Waals surface area (Å²) in [7, 11) is 0. The first kappa shape index (κ1) is 14.9. The maximum Gasteiger partial charge on any atom is 0.309 e. The van der Waals surface area contributed by atoms with Crippen LogP contribution in [0.25, 0.3) is 0 Å². The van der Waals surface area contributed by atoms with Crippen LogP contribution in [0, 0.1) is 17.6 Å². The number of hydrogen-bond acceptors (Lipinski definition) is 2. The van der Waals surface area contributed by atoms with Gasteiger partial charge in [0, 0.05) is 18.4 Å². The van der Waals surface area contributed by atoms with Crippen LogP contribution in [0.4, 0.5) is 8.78 Å². The Labute approximate surface area is 117 Å². The molecule has 3 nitrogen and oxygen atoms in total. The zero-order valence-corrected chi connectivity index (χ0v) is 11.6. The van der Waals surface area contributed by atoms with Crippen LogP contribution >= 0.6 is 0 Å². The lowest BCUT2D eigenvalue weighted by Gasteiger charge is -2.28. The SMILES string of the molecule is CCOC(=O)C1CC[NH+](Cc2ccc(F)c(F)c2)CC1. The average molecular weight is 284 g/mol. The second-order valence-electron chi connectivity index (χ2n) is 5.20. The van der Waals surface area contributed by atoms with E-state index in [0.717, 1.165) is 37.6 Å². The van der Waals surface area contributed by atoms with Gasteiger partial charge in [0.05, 0.1) is 25.6 Å². The summed E-state index contributed by atoms with van der Waals surface area (Å²) in [6, 6.07) is 4.03. The monoisotopic (exact) mass is 284 g/mol. The van der Waals surface area contributed by atoms with Crippen molar-refractivity contribution in [2.24, 2.45) is 5.92 Å². The lowest BCUT2D eigenvalue weighted by molar-refractivity contribution is -0.919. The molecule has 1 aromatic rings. The van der Waals surface area contributed by atoms with Crippen molar-refractivity contribution in [1.82, 2.24) is 0 Å². The lowest BCUT2D eigenvalue weighted by atomic mass is 9.96. The number of halogens is 2. The zero-order chi connectivity index (χ0) is 14.5. The van der Waals surface area contributed by atoms with Crippen molar-refractivity contribution >= 4 is 5.97 Å². The third-order valence-electron chi connectivity index (χ3n) is 3.75. The first-order valence-corrected chi connectivity index (χ1v) is 7.04. The van der Waals surface area contributed by atoms with E-state index >= 15 is 0 Å².